The van der Waals surface area contributed by atoms with Crippen LogP contribution in [0.3, 0.4) is 0 Å². The normalized spacial score (nSPS) is 24.5. The number of hydrogen-bond acceptors (Lipinski definition) is 3. The SMILES string of the molecule is CC1CCCC(CNC(=O)OCc2ccccc2)(C(=O)O)C1. The van der Waals surface area contributed by atoms with E-state index in [1.807, 2.05) is 30.3 Å². The van der Waals surface area contributed by atoms with Crippen LogP contribution in [-0.4, -0.2) is 23.7 Å². The molecular formula is C17H23NO4. The largest absolute Gasteiger partial charge is 0.481 e. The van der Waals surface area contributed by atoms with Crippen molar-refractivity contribution >= 4 is 12.1 Å². The van der Waals surface area contributed by atoms with E-state index in [0.29, 0.717) is 18.8 Å². The highest BCUT2D eigenvalue weighted by Gasteiger charge is 2.42. The molecule has 0 aliphatic heterocycles. The molecule has 1 aliphatic rings. The summed E-state index contributed by atoms with van der Waals surface area (Å²) in [6, 6.07) is 9.38. The molecule has 2 rings (SSSR count). The van der Waals surface area contributed by atoms with Crippen LogP contribution in [0.25, 0.3) is 0 Å². The summed E-state index contributed by atoms with van der Waals surface area (Å²) in [4.78, 5) is 23.4. The molecule has 5 heteroatoms. The Hall–Kier alpha value is -2.04. The minimum atomic E-state index is -0.858. The quantitative estimate of drug-likeness (QED) is 0.876. The molecule has 120 valence electrons. The zero-order valence-electron chi connectivity index (χ0n) is 12.9. The Bertz CT molecular complexity index is 517. The van der Waals surface area contributed by atoms with Crippen molar-refractivity contribution in [3.8, 4) is 0 Å². The Balaban J connectivity index is 1.84. The minimum Gasteiger partial charge on any atom is -0.481 e. The fourth-order valence-corrected chi connectivity index (χ4v) is 3.11. The van der Waals surface area contributed by atoms with Crippen LogP contribution in [0.4, 0.5) is 4.79 Å². The Kier molecular flexibility index (Phi) is 5.41. The molecule has 1 saturated carbocycles. The maximum absolute atomic E-state index is 11.8. The summed E-state index contributed by atoms with van der Waals surface area (Å²) in [6.45, 7) is 2.37. The molecule has 2 N–H and O–H groups in total. The predicted molar refractivity (Wildman–Crippen MR) is 82.3 cm³/mol. The fourth-order valence-electron chi connectivity index (χ4n) is 3.11. The second kappa shape index (κ2) is 7.29. The van der Waals surface area contributed by atoms with Crippen molar-refractivity contribution in [1.82, 2.24) is 5.32 Å². The van der Waals surface area contributed by atoms with Gasteiger partial charge in [-0.05, 0) is 24.3 Å². The van der Waals surface area contributed by atoms with Gasteiger partial charge in [0.15, 0.2) is 0 Å². The summed E-state index contributed by atoms with van der Waals surface area (Å²) in [5, 5.41) is 12.2. The van der Waals surface area contributed by atoms with Gasteiger partial charge >= 0.3 is 12.1 Å². The number of amides is 1. The molecule has 1 aliphatic carbocycles. The summed E-state index contributed by atoms with van der Waals surface area (Å²) < 4.78 is 5.13. The Labute approximate surface area is 130 Å². The third-order valence-corrected chi connectivity index (χ3v) is 4.33. The van der Waals surface area contributed by atoms with E-state index < -0.39 is 17.5 Å². The highest BCUT2D eigenvalue weighted by Crippen LogP contribution is 2.39. The summed E-state index contributed by atoms with van der Waals surface area (Å²) in [6.07, 6.45) is 2.57. The third-order valence-electron chi connectivity index (χ3n) is 4.33. The van der Waals surface area contributed by atoms with E-state index in [9.17, 15) is 14.7 Å². The maximum Gasteiger partial charge on any atom is 0.407 e. The predicted octanol–water partition coefficient (Wildman–Crippen LogP) is 3.19. The van der Waals surface area contributed by atoms with E-state index >= 15 is 0 Å². The van der Waals surface area contributed by atoms with Gasteiger partial charge in [-0.3, -0.25) is 4.79 Å². The van der Waals surface area contributed by atoms with Crippen LogP contribution in [0, 0.1) is 11.3 Å². The number of aliphatic carboxylic acids is 1. The molecule has 2 atom stereocenters. The van der Waals surface area contributed by atoms with Crippen LogP contribution in [0.1, 0.15) is 38.2 Å². The molecular weight excluding hydrogens is 282 g/mol. The van der Waals surface area contributed by atoms with Gasteiger partial charge in [0.2, 0.25) is 0 Å². The number of carbonyl (C=O) groups is 2. The van der Waals surface area contributed by atoms with E-state index in [1.54, 1.807) is 0 Å². The van der Waals surface area contributed by atoms with Crippen molar-refractivity contribution in [3.63, 3.8) is 0 Å². The van der Waals surface area contributed by atoms with Crippen LogP contribution in [0.2, 0.25) is 0 Å². The number of hydrogen-bond donors (Lipinski definition) is 2. The van der Waals surface area contributed by atoms with Gasteiger partial charge in [-0.2, -0.15) is 0 Å². The topological polar surface area (TPSA) is 75.6 Å². The lowest BCUT2D eigenvalue weighted by Crippen LogP contribution is -2.45. The zero-order valence-corrected chi connectivity index (χ0v) is 12.9. The van der Waals surface area contributed by atoms with Crippen molar-refractivity contribution in [1.29, 1.82) is 0 Å². The van der Waals surface area contributed by atoms with E-state index in [1.165, 1.54) is 0 Å². The van der Waals surface area contributed by atoms with E-state index in [2.05, 4.69) is 12.2 Å². The molecule has 0 saturated heterocycles. The molecule has 2 unspecified atom stereocenters. The van der Waals surface area contributed by atoms with Crippen molar-refractivity contribution in [2.24, 2.45) is 11.3 Å². The highest BCUT2D eigenvalue weighted by atomic mass is 16.5. The van der Waals surface area contributed by atoms with Crippen LogP contribution in [0.5, 0.6) is 0 Å². The number of benzene rings is 1. The van der Waals surface area contributed by atoms with Gasteiger partial charge in [-0.1, -0.05) is 50.1 Å². The number of alkyl carbamates (subject to hydrolysis) is 1. The molecule has 0 heterocycles. The molecule has 1 fully saturated rings. The number of rotatable bonds is 5. The lowest BCUT2D eigenvalue weighted by molar-refractivity contribution is -0.151. The van der Waals surface area contributed by atoms with E-state index in [4.69, 9.17) is 4.74 Å². The van der Waals surface area contributed by atoms with E-state index in [0.717, 1.165) is 18.4 Å². The number of ether oxygens (including phenoxy) is 1. The lowest BCUT2D eigenvalue weighted by atomic mass is 9.70. The molecule has 5 nitrogen and oxygen atoms in total. The number of carboxylic acids is 1. The van der Waals surface area contributed by atoms with Gasteiger partial charge < -0.3 is 15.2 Å². The third kappa shape index (κ3) is 4.23. The summed E-state index contributed by atoms with van der Waals surface area (Å²) in [7, 11) is 0. The Morgan fingerprint density at radius 3 is 2.73 bits per heavy atom. The second-order valence-corrected chi connectivity index (χ2v) is 6.20. The minimum absolute atomic E-state index is 0.125. The van der Waals surface area contributed by atoms with Gasteiger partial charge in [-0.25, -0.2) is 4.79 Å². The number of carbonyl (C=O) groups excluding carboxylic acids is 1. The molecule has 1 amide bonds. The zero-order chi connectivity index (χ0) is 16.0. The first-order chi connectivity index (χ1) is 10.5. The first kappa shape index (κ1) is 16.3. The first-order valence-corrected chi connectivity index (χ1v) is 7.70. The number of carboxylic acid groups (broad SMARTS) is 1. The monoisotopic (exact) mass is 305 g/mol. The smallest absolute Gasteiger partial charge is 0.407 e. The highest BCUT2D eigenvalue weighted by molar-refractivity contribution is 5.76. The second-order valence-electron chi connectivity index (χ2n) is 6.20. The lowest BCUT2D eigenvalue weighted by Gasteiger charge is -2.36. The Morgan fingerprint density at radius 1 is 1.36 bits per heavy atom. The van der Waals surface area contributed by atoms with Crippen LogP contribution in [0.15, 0.2) is 30.3 Å². The summed E-state index contributed by atoms with van der Waals surface area (Å²) >= 11 is 0. The maximum atomic E-state index is 11.8. The standard InChI is InChI=1S/C17H23NO4/c1-13-6-5-9-17(10-13,15(19)20)12-18-16(21)22-11-14-7-3-2-4-8-14/h2-4,7-8,13H,5-6,9-12H2,1H3,(H,18,21)(H,19,20). The average Bonchev–Trinajstić information content (AvgIpc) is 2.52. The van der Waals surface area contributed by atoms with E-state index in [-0.39, 0.29) is 13.2 Å². The number of nitrogens with one attached hydrogen (secondary N) is 1. The molecule has 0 spiro atoms. The molecule has 1 aromatic carbocycles. The van der Waals surface area contributed by atoms with Crippen molar-refractivity contribution < 1.29 is 19.4 Å². The van der Waals surface area contributed by atoms with Gasteiger partial charge in [0.1, 0.15) is 6.61 Å². The Morgan fingerprint density at radius 2 is 2.09 bits per heavy atom. The van der Waals surface area contributed by atoms with Gasteiger partial charge in [0, 0.05) is 6.54 Å². The fraction of sp³-hybridized carbons (Fsp3) is 0.529. The van der Waals surface area contributed by atoms with Crippen molar-refractivity contribution in [2.45, 2.75) is 39.2 Å². The summed E-state index contributed by atoms with van der Waals surface area (Å²) in [5.74, 6) is -0.464. The molecule has 22 heavy (non-hydrogen) atoms. The average molecular weight is 305 g/mol. The molecule has 0 radical (unpaired) electrons. The molecule has 0 aromatic heterocycles. The summed E-state index contributed by atoms with van der Waals surface area (Å²) in [5.41, 5.74) is 0.0422. The van der Waals surface area contributed by atoms with Gasteiger partial charge in [-0.15, -0.1) is 0 Å². The van der Waals surface area contributed by atoms with Gasteiger partial charge in [0.25, 0.3) is 0 Å². The first-order valence-electron chi connectivity index (χ1n) is 7.70. The van der Waals surface area contributed by atoms with Crippen molar-refractivity contribution in [3.05, 3.63) is 35.9 Å². The molecule has 0 bridgehead atoms. The van der Waals surface area contributed by atoms with Crippen LogP contribution >= 0.6 is 0 Å². The van der Waals surface area contributed by atoms with Crippen LogP contribution in [-0.2, 0) is 16.1 Å². The van der Waals surface area contributed by atoms with Crippen molar-refractivity contribution in [2.75, 3.05) is 6.54 Å². The van der Waals surface area contributed by atoms with Gasteiger partial charge in [0.05, 0.1) is 5.41 Å². The van der Waals surface area contributed by atoms with Crippen LogP contribution < -0.4 is 5.32 Å². The molecule has 1 aromatic rings.